The molecule has 0 spiro atoms. The molecule has 0 radical (unpaired) electrons. The Morgan fingerprint density at radius 1 is 0.875 bits per heavy atom. The molecule has 8 rings (SSSR count). The molecular weight excluding hydrogens is 623 g/mol. The first-order chi connectivity index (χ1) is 23.4. The topological polar surface area (TPSA) is 121 Å². The van der Waals surface area contributed by atoms with Gasteiger partial charge in [0.15, 0.2) is 9.92 Å². The SMILES string of the molecule is N=S(=O)(c1cnn2c1OC[C@H](O)C2)N(C(=O)Nc1c2c(cc3c1CCC3)CCC2)C(c1ccccc1)(c1ccccc1)c1ccccc1. The van der Waals surface area contributed by atoms with Crippen molar-refractivity contribution >= 4 is 21.6 Å². The minimum atomic E-state index is -4.23. The third kappa shape index (κ3) is 4.81. The summed E-state index contributed by atoms with van der Waals surface area (Å²) < 4.78 is 34.2. The molecule has 0 fully saturated rings. The number of ether oxygens (including phenoxy) is 1. The summed E-state index contributed by atoms with van der Waals surface area (Å²) in [5.74, 6) is 0.114. The molecule has 244 valence electrons. The number of benzene rings is 4. The van der Waals surface area contributed by atoms with E-state index in [1.165, 1.54) is 26.3 Å². The molecule has 1 unspecified atom stereocenters. The Morgan fingerprint density at radius 3 is 1.92 bits per heavy atom. The smallest absolute Gasteiger partial charge is 0.336 e. The summed E-state index contributed by atoms with van der Waals surface area (Å²) >= 11 is 0. The molecule has 2 aliphatic carbocycles. The van der Waals surface area contributed by atoms with Crippen LogP contribution < -0.4 is 10.1 Å². The zero-order valence-corrected chi connectivity index (χ0v) is 27.3. The van der Waals surface area contributed by atoms with E-state index < -0.39 is 27.6 Å². The van der Waals surface area contributed by atoms with Gasteiger partial charge in [-0.1, -0.05) is 97.1 Å². The standard InChI is InChI=1S/C38H37N5O4S/c39-48(46,34-23-40-42-24-31(44)25-47-36(34)42)43(37(45)41-35-32-20-10-12-26(32)22-27-13-11-21-33(27)35)38(28-14-4-1-5-15-28,29-16-6-2-7-17-29)30-18-8-3-9-19-30/h1-9,14-19,22-23,31,39,44H,10-13,20-21,24-25H2,(H,41,45)/t31-,48?/m1/s1. The van der Waals surface area contributed by atoms with Crippen LogP contribution in [0.1, 0.15) is 51.8 Å². The Kier molecular flexibility index (Phi) is 7.57. The first-order valence-corrected chi connectivity index (χ1v) is 18.0. The first-order valence-electron chi connectivity index (χ1n) is 16.5. The summed E-state index contributed by atoms with van der Waals surface area (Å²) in [7, 11) is -4.23. The van der Waals surface area contributed by atoms with Crippen LogP contribution in [0.3, 0.4) is 0 Å². The summed E-state index contributed by atoms with van der Waals surface area (Å²) in [6.45, 7) is 0.0877. The number of urea groups is 1. The van der Waals surface area contributed by atoms with E-state index in [9.17, 15) is 9.89 Å². The third-order valence-corrected chi connectivity index (χ3v) is 11.7. The lowest BCUT2D eigenvalue weighted by Gasteiger charge is -2.45. The number of hydrogen-bond acceptors (Lipinski definition) is 6. The van der Waals surface area contributed by atoms with E-state index in [1.807, 2.05) is 91.0 Å². The Morgan fingerprint density at radius 2 is 1.40 bits per heavy atom. The van der Waals surface area contributed by atoms with Crippen LogP contribution in [-0.2, 0) is 47.7 Å². The van der Waals surface area contributed by atoms with Gasteiger partial charge in [-0.2, -0.15) is 5.10 Å². The van der Waals surface area contributed by atoms with E-state index in [0.29, 0.717) is 16.7 Å². The van der Waals surface area contributed by atoms with E-state index in [-0.39, 0.29) is 23.9 Å². The van der Waals surface area contributed by atoms with Gasteiger partial charge in [0.25, 0.3) is 0 Å². The van der Waals surface area contributed by atoms with Crippen LogP contribution in [0.15, 0.2) is 108 Å². The normalized spacial score (nSPS) is 17.8. The highest BCUT2D eigenvalue weighted by atomic mass is 32.2. The van der Waals surface area contributed by atoms with Crippen LogP contribution in [0.5, 0.6) is 5.88 Å². The van der Waals surface area contributed by atoms with Crippen LogP contribution in [0.4, 0.5) is 10.5 Å². The van der Waals surface area contributed by atoms with Gasteiger partial charge in [0.05, 0.1) is 12.7 Å². The van der Waals surface area contributed by atoms with Crippen molar-refractivity contribution in [3.63, 3.8) is 0 Å². The summed E-state index contributed by atoms with van der Waals surface area (Å²) in [6.07, 6.45) is 6.17. The van der Waals surface area contributed by atoms with E-state index in [2.05, 4.69) is 16.5 Å². The molecule has 2 heterocycles. The quantitative estimate of drug-likeness (QED) is 0.173. The van der Waals surface area contributed by atoms with Crippen molar-refractivity contribution in [2.24, 2.45) is 0 Å². The number of aromatic nitrogens is 2. The van der Waals surface area contributed by atoms with Crippen molar-refractivity contribution in [1.82, 2.24) is 14.1 Å². The number of aryl methyl sites for hydroxylation is 2. The van der Waals surface area contributed by atoms with E-state index in [1.54, 1.807) is 0 Å². The van der Waals surface area contributed by atoms with Gasteiger partial charge in [-0.25, -0.2) is 22.8 Å². The monoisotopic (exact) mass is 659 g/mol. The highest BCUT2D eigenvalue weighted by Gasteiger charge is 2.51. The maximum atomic E-state index is 15.7. The molecule has 2 atom stereocenters. The molecule has 2 amide bonds. The average molecular weight is 660 g/mol. The average Bonchev–Trinajstić information content (AvgIpc) is 3.88. The van der Waals surface area contributed by atoms with Crippen LogP contribution in [0.25, 0.3) is 0 Å². The number of fused-ring (bicyclic) bond motifs is 3. The maximum Gasteiger partial charge on any atom is 0.336 e. The number of hydrogen-bond donors (Lipinski definition) is 3. The number of amides is 2. The lowest BCUT2D eigenvalue weighted by Crippen LogP contribution is -2.55. The van der Waals surface area contributed by atoms with Crippen molar-refractivity contribution in [1.29, 1.82) is 4.78 Å². The molecule has 1 aliphatic heterocycles. The second-order valence-corrected chi connectivity index (χ2v) is 14.6. The van der Waals surface area contributed by atoms with Gasteiger partial charge in [-0.3, -0.25) is 0 Å². The number of carbonyl (C=O) groups excluding carboxylic acids is 1. The molecule has 3 N–H and O–H groups in total. The Labute approximate surface area is 280 Å². The molecule has 0 saturated heterocycles. The second-order valence-electron chi connectivity index (χ2n) is 12.8. The van der Waals surface area contributed by atoms with E-state index in [4.69, 9.17) is 4.74 Å². The molecule has 5 aromatic rings. The lowest BCUT2D eigenvalue weighted by molar-refractivity contribution is 0.0537. The molecule has 0 saturated carbocycles. The van der Waals surface area contributed by atoms with Gasteiger partial charge in [0.2, 0.25) is 5.88 Å². The molecule has 4 aromatic carbocycles. The molecule has 10 heteroatoms. The van der Waals surface area contributed by atoms with Gasteiger partial charge in [0, 0.05) is 5.69 Å². The summed E-state index contributed by atoms with van der Waals surface area (Å²) in [6, 6.07) is 30.2. The number of nitrogens with one attached hydrogen (secondary N) is 2. The van der Waals surface area contributed by atoms with Crippen molar-refractivity contribution in [3.05, 3.63) is 142 Å². The number of carbonyl (C=O) groups is 1. The largest absolute Gasteiger partial charge is 0.474 e. The van der Waals surface area contributed by atoms with Crippen LogP contribution >= 0.6 is 0 Å². The highest BCUT2D eigenvalue weighted by molar-refractivity contribution is 7.90. The van der Waals surface area contributed by atoms with Crippen LogP contribution in [-0.4, -0.2) is 42.1 Å². The molecule has 1 aromatic heterocycles. The Bertz CT molecular complexity index is 1970. The Hall–Kier alpha value is -4.93. The number of rotatable bonds is 7. The summed E-state index contributed by atoms with van der Waals surface area (Å²) in [4.78, 5) is 15.4. The van der Waals surface area contributed by atoms with Gasteiger partial charge in [0.1, 0.15) is 23.1 Å². The second kappa shape index (κ2) is 11.9. The maximum absolute atomic E-state index is 15.7. The fraction of sp³-hybridized carbons (Fsp3) is 0.263. The van der Waals surface area contributed by atoms with Gasteiger partial charge in [-0.15, -0.1) is 0 Å². The molecular formula is C38H37N5O4S. The predicted molar refractivity (Wildman–Crippen MR) is 183 cm³/mol. The van der Waals surface area contributed by atoms with Crippen molar-refractivity contribution < 1.29 is 18.8 Å². The number of aliphatic hydroxyl groups excluding tert-OH is 1. The lowest BCUT2D eigenvalue weighted by atomic mass is 9.77. The number of aliphatic hydroxyl groups is 1. The minimum Gasteiger partial charge on any atom is -0.474 e. The van der Waals surface area contributed by atoms with Crippen molar-refractivity contribution in [3.8, 4) is 5.88 Å². The third-order valence-electron chi connectivity index (χ3n) is 9.88. The molecule has 48 heavy (non-hydrogen) atoms. The van der Waals surface area contributed by atoms with Gasteiger partial charge in [-0.05, 0) is 77.5 Å². The molecule has 9 nitrogen and oxygen atoms in total. The summed E-state index contributed by atoms with van der Waals surface area (Å²) in [5.41, 5.74) is 6.02. The van der Waals surface area contributed by atoms with Gasteiger partial charge < -0.3 is 15.2 Å². The predicted octanol–water partition coefficient (Wildman–Crippen LogP) is 6.46. The van der Waals surface area contributed by atoms with Crippen LogP contribution in [0.2, 0.25) is 0 Å². The Balaban J connectivity index is 1.42. The zero-order valence-electron chi connectivity index (χ0n) is 26.5. The van der Waals surface area contributed by atoms with Crippen molar-refractivity contribution in [2.45, 2.75) is 61.6 Å². The summed E-state index contributed by atoms with van der Waals surface area (Å²) in [5, 5.41) is 17.9. The van der Waals surface area contributed by atoms with Crippen molar-refractivity contribution in [2.75, 3.05) is 11.9 Å². The molecule has 0 bridgehead atoms. The number of nitrogens with zero attached hydrogens (tertiary/aromatic N) is 3. The van der Waals surface area contributed by atoms with Gasteiger partial charge >= 0.3 is 6.03 Å². The fourth-order valence-electron chi connectivity index (χ4n) is 7.82. The zero-order chi connectivity index (χ0) is 32.9. The first kappa shape index (κ1) is 30.4. The minimum absolute atomic E-state index is 0.0276. The van der Waals surface area contributed by atoms with E-state index in [0.717, 1.165) is 55.3 Å². The number of anilines is 1. The fourth-order valence-corrected chi connectivity index (χ4v) is 9.59. The van der Waals surface area contributed by atoms with E-state index >= 15 is 9.00 Å². The highest BCUT2D eigenvalue weighted by Crippen LogP contribution is 2.48. The molecule has 3 aliphatic rings. The van der Waals surface area contributed by atoms with Crippen LogP contribution in [0, 0.1) is 4.78 Å².